The Morgan fingerprint density at radius 3 is 2.89 bits per heavy atom. The molecule has 0 radical (unpaired) electrons. The summed E-state index contributed by atoms with van der Waals surface area (Å²) in [6, 6.07) is 7.77. The number of carbonyl (C=O) groups excluding carboxylic acids is 1. The van der Waals surface area contributed by atoms with Gasteiger partial charge in [0.15, 0.2) is 0 Å². The average molecular weight is 259 g/mol. The maximum atomic E-state index is 11.6. The number of rotatable bonds is 5. The van der Waals surface area contributed by atoms with E-state index in [-0.39, 0.29) is 12.5 Å². The summed E-state index contributed by atoms with van der Waals surface area (Å²) < 4.78 is 0. The molecule has 0 saturated heterocycles. The molecule has 1 rings (SSSR count). The molecular weight excluding hydrogens is 238 g/mol. The molecule has 2 N–H and O–H groups in total. The molecule has 0 spiro atoms. The molecule has 0 aromatic heterocycles. The normalized spacial score (nSPS) is 9.89. The minimum absolute atomic E-state index is 0.0757. The molecule has 0 aliphatic carbocycles. The van der Waals surface area contributed by atoms with Gasteiger partial charge in [-0.05, 0) is 23.6 Å². The highest BCUT2D eigenvalue weighted by Crippen LogP contribution is 2.05. The summed E-state index contributed by atoms with van der Waals surface area (Å²) in [5, 5.41) is 11.6. The Morgan fingerprint density at radius 1 is 1.42 bits per heavy atom. The smallest absolute Gasteiger partial charge is 0.220 e. The van der Waals surface area contributed by atoms with Gasteiger partial charge in [0, 0.05) is 24.9 Å². The van der Waals surface area contributed by atoms with Crippen molar-refractivity contribution in [3.63, 3.8) is 0 Å². The zero-order valence-electron chi connectivity index (χ0n) is 11.6. The van der Waals surface area contributed by atoms with Crippen LogP contribution in [0.3, 0.4) is 0 Å². The largest absolute Gasteiger partial charge is 0.395 e. The van der Waals surface area contributed by atoms with Gasteiger partial charge in [-0.25, -0.2) is 0 Å². The molecule has 3 nitrogen and oxygen atoms in total. The number of aliphatic hydroxyl groups is 1. The van der Waals surface area contributed by atoms with E-state index in [2.05, 4.69) is 17.2 Å². The summed E-state index contributed by atoms with van der Waals surface area (Å²) in [4.78, 5) is 11.6. The van der Waals surface area contributed by atoms with E-state index in [4.69, 9.17) is 5.11 Å². The molecule has 0 fully saturated rings. The molecule has 19 heavy (non-hydrogen) atoms. The fraction of sp³-hybridized carbons (Fsp3) is 0.438. The Hall–Kier alpha value is -1.79. The zero-order valence-corrected chi connectivity index (χ0v) is 11.6. The summed E-state index contributed by atoms with van der Waals surface area (Å²) in [6.45, 7) is 4.66. The Kier molecular flexibility index (Phi) is 6.70. The Balaban J connectivity index is 2.53. The maximum Gasteiger partial charge on any atom is 0.220 e. The van der Waals surface area contributed by atoms with Crippen LogP contribution in [-0.2, 0) is 11.3 Å². The van der Waals surface area contributed by atoms with Crippen molar-refractivity contribution in [1.82, 2.24) is 5.32 Å². The highest BCUT2D eigenvalue weighted by Gasteiger charge is 2.04. The quantitative estimate of drug-likeness (QED) is 0.795. The van der Waals surface area contributed by atoms with Crippen molar-refractivity contribution in [3.8, 4) is 11.8 Å². The van der Waals surface area contributed by atoms with Crippen LogP contribution in [0.1, 0.15) is 37.8 Å². The maximum absolute atomic E-state index is 11.6. The second kappa shape index (κ2) is 8.34. The minimum atomic E-state index is 0.0757. The Morgan fingerprint density at radius 2 is 2.21 bits per heavy atom. The highest BCUT2D eigenvalue weighted by atomic mass is 16.2. The van der Waals surface area contributed by atoms with Crippen molar-refractivity contribution >= 4 is 5.91 Å². The molecular formula is C16H21NO2. The van der Waals surface area contributed by atoms with Crippen molar-refractivity contribution < 1.29 is 9.90 Å². The number of aliphatic hydroxyl groups excluding tert-OH is 1. The van der Waals surface area contributed by atoms with Crippen molar-refractivity contribution in [1.29, 1.82) is 0 Å². The molecule has 0 bridgehead atoms. The zero-order chi connectivity index (χ0) is 14.1. The molecule has 1 aromatic rings. The van der Waals surface area contributed by atoms with Crippen LogP contribution >= 0.6 is 0 Å². The lowest BCUT2D eigenvalue weighted by molar-refractivity contribution is -0.121. The predicted molar refractivity (Wildman–Crippen MR) is 76.3 cm³/mol. The van der Waals surface area contributed by atoms with Gasteiger partial charge >= 0.3 is 0 Å². The summed E-state index contributed by atoms with van der Waals surface area (Å²) in [6.07, 6.45) is 1.03. The van der Waals surface area contributed by atoms with Crippen LogP contribution in [0, 0.1) is 17.8 Å². The van der Waals surface area contributed by atoms with Gasteiger partial charge in [-0.3, -0.25) is 4.79 Å². The van der Waals surface area contributed by atoms with Crippen molar-refractivity contribution in [3.05, 3.63) is 35.4 Å². The van der Waals surface area contributed by atoms with Gasteiger partial charge in [-0.2, -0.15) is 0 Å². The predicted octanol–water partition coefficient (Wildman–Crippen LogP) is 2.08. The summed E-state index contributed by atoms with van der Waals surface area (Å²) in [5.74, 6) is 6.31. The molecule has 1 aromatic carbocycles. The SMILES string of the molecule is CC(C)CC(=O)NCc1cccc(C#CCCO)c1. The molecule has 0 atom stereocenters. The lowest BCUT2D eigenvalue weighted by atomic mass is 10.1. The second-order valence-corrected chi connectivity index (χ2v) is 4.85. The monoisotopic (exact) mass is 259 g/mol. The van der Waals surface area contributed by atoms with Crippen LogP contribution in [0.5, 0.6) is 0 Å². The third-order valence-electron chi connectivity index (χ3n) is 2.48. The van der Waals surface area contributed by atoms with Gasteiger partial charge in [0.25, 0.3) is 0 Å². The number of nitrogens with one attached hydrogen (secondary N) is 1. The fourth-order valence-electron chi connectivity index (χ4n) is 1.62. The molecule has 0 unspecified atom stereocenters. The van der Waals surface area contributed by atoms with E-state index in [1.54, 1.807) is 0 Å². The van der Waals surface area contributed by atoms with E-state index in [1.165, 1.54) is 0 Å². The van der Waals surface area contributed by atoms with Gasteiger partial charge in [0.2, 0.25) is 5.91 Å². The van der Waals surface area contributed by atoms with E-state index in [0.717, 1.165) is 11.1 Å². The summed E-state index contributed by atoms with van der Waals surface area (Å²) >= 11 is 0. The average Bonchev–Trinajstić information content (AvgIpc) is 2.36. The van der Waals surface area contributed by atoms with E-state index in [9.17, 15) is 4.79 Å². The van der Waals surface area contributed by atoms with Gasteiger partial charge in [-0.15, -0.1) is 0 Å². The first kappa shape index (κ1) is 15.3. The minimum Gasteiger partial charge on any atom is -0.395 e. The molecule has 102 valence electrons. The van der Waals surface area contributed by atoms with Gasteiger partial charge in [0.05, 0.1) is 6.61 Å². The standard InChI is InChI=1S/C16H21NO2/c1-13(2)10-16(19)17-12-15-8-5-7-14(11-15)6-3-4-9-18/h5,7-8,11,13,18H,4,9-10,12H2,1-2H3,(H,17,19). The van der Waals surface area contributed by atoms with E-state index in [0.29, 0.717) is 25.3 Å². The van der Waals surface area contributed by atoms with Gasteiger partial charge < -0.3 is 10.4 Å². The fourth-order valence-corrected chi connectivity index (χ4v) is 1.62. The number of hydrogen-bond donors (Lipinski definition) is 2. The van der Waals surface area contributed by atoms with Crippen LogP contribution in [-0.4, -0.2) is 17.6 Å². The van der Waals surface area contributed by atoms with Crippen LogP contribution < -0.4 is 5.32 Å². The van der Waals surface area contributed by atoms with Gasteiger partial charge in [-0.1, -0.05) is 37.8 Å². The topological polar surface area (TPSA) is 49.3 Å². The van der Waals surface area contributed by atoms with Gasteiger partial charge in [0.1, 0.15) is 0 Å². The van der Waals surface area contributed by atoms with E-state index >= 15 is 0 Å². The molecule has 0 saturated carbocycles. The third-order valence-corrected chi connectivity index (χ3v) is 2.48. The van der Waals surface area contributed by atoms with E-state index < -0.39 is 0 Å². The first-order valence-electron chi connectivity index (χ1n) is 6.57. The summed E-state index contributed by atoms with van der Waals surface area (Å²) in [5.41, 5.74) is 1.94. The lowest BCUT2D eigenvalue weighted by Crippen LogP contribution is -2.23. The third kappa shape index (κ3) is 6.64. The molecule has 1 amide bonds. The molecule has 3 heteroatoms. The van der Waals surface area contributed by atoms with Crippen LogP contribution in [0.2, 0.25) is 0 Å². The lowest BCUT2D eigenvalue weighted by Gasteiger charge is -2.07. The first-order chi connectivity index (χ1) is 9.11. The molecule has 0 aliphatic heterocycles. The molecule has 0 heterocycles. The first-order valence-corrected chi connectivity index (χ1v) is 6.57. The van der Waals surface area contributed by atoms with Crippen LogP contribution in [0.15, 0.2) is 24.3 Å². The molecule has 0 aliphatic rings. The van der Waals surface area contributed by atoms with Crippen molar-refractivity contribution in [2.24, 2.45) is 5.92 Å². The van der Waals surface area contributed by atoms with Crippen LogP contribution in [0.4, 0.5) is 0 Å². The Labute approximate surface area is 115 Å². The number of carbonyl (C=O) groups is 1. The van der Waals surface area contributed by atoms with Crippen LogP contribution in [0.25, 0.3) is 0 Å². The second-order valence-electron chi connectivity index (χ2n) is 4.85. The van der Waals surface area contributed by atoms with E-state index in [1.807, 2.05) is 38.1 Å². The Bertz CT molecular complexity index is 469. The highest BCUT2D eigenvalue weighted by molar-refractivity contribution is 5.76. The summed E-state index contributed by atoms with van der Waals surface area (Å²) in [7, 11) is 0. The number of hydrogen-bond acceptors (Lipinski definition) is 2. The number of amides is 1. The van der Waals surface area contributed by atoms with Crippen molar-refractivity contribution in [2.45, 2.75) is 33.2 Å². The number of benzene rings is 1. The van der Waals surface area contributed by atoms with Crippen molar-refractivity contribution in [2.75, 3.05) is 6.61 Å².